The third kappa shape index (κ3) is 4.99. The number of rotatable bonds is 4. The normalized spacial score (nSPS) is 12.4. The minimum absolute atomic E-state index is 0.319. The predicted molar refractivity (Wildman–Crippen MR) is 73.4 cm³/mol. The minimum Gasteiger partial charge on any atom is -0.309 e. The molecule has 0 amide bonds. The van der Waals surface area contributed by atoms with Crippen LogP contribution in [-0.2, 0) is 25.4 Å². The highest BCUT2D eigenvalue weighted by atomic mass is 19.4. The zero-order chi connectivity index (χ0) is 17.1. The number of hydrogen-bond acceptors (Lipinski definition) is 1. The molecule has 1 nitrogen and oxygen atoms in total. The lowest BCUT2D eigenvalue weighted by Gasteiger charge is -2.10. The van der Waals surface area contributed by atoms with E-state index in [1.54, 1.807) is 0 Å². The smallest absolute Gasteiger partial charge is 0.309 e. The van der Waals surface area contributed by atoms with Crippen LogP contribution in [-0.4, -0.2) is 0 Å². The summed E-state index contributed by atoms with van der Waals surface area (Å²) in [6, 6.07) is 9.44. The van der Waals surface area contributed by atoms with Crippen LogP contribution in [0, 0.1) is 0 Å². The first-order valence-electron chi connectivity index (χ1n) is 6.69. The zero-order valence-corrected chi connectivity index (χ0v) is 11.8. The van der Waals surface area contributed by atoms with Gasteiger partial charge in [0.1, 0.15) is 0 Å². The highest BCUT2D eigenvalue weighted by molar-refractivity contribution is 5.26. The molecule has 2 aromatic carbocycles. The van der Waals surface area contributed by atoms with Crippen LogP contribution in [0.15, 0.2) is 48.5 Å². The maximum atomic E-state index is 12.4. The molecule has 2 aromatic rings. The Balaban J connectivity index is 1.87. The first-order valence-corrected chi connectivity index (χ1v) is 6.69. The standard InChI is InChI=1S/C16H13F6N/c17-15(18,19)13-5-1-11(2-6-13)9-23-10-12-3-7-14(8-4-12)16(20,21)22/h1-8,23H,9-10H2. The summed E-state index contributed by atoms with van der Waals surface area (Å²) in [4.78, 5) is 0. The summed E-state index contributed by atoms with van der Waals surface area (Å²) in [5.74, 6) is 0. The molecule has 0 spiro atoms. The van der Waals surface area contributed by atoms with Gasteiger partial charge in [-0.05, 0) is 35.4 Å². The molecule has 0 aliphatic rings. The first kappa shape index (κ1) is 17.3. The van der Waals surface area contributed by atoms with Gasteiger partial charge in [0.25, 0.3) is 0 Å². The monoisotopic (exact) mass is 333 g/mol. The number of alkyl halides is 6. The number of nitrogens with one attached hydrogen (secondary N) is 1. The summed E-state index contributed by atoms with van der Waals surface area (Å²) in [5, 5.41) is 2.97. The van der Waals surface area contributed by atoms with Gasteiger partial charge in [0.05, 0.1) is 11.1 Å². The topological polar surface area (TPSA) is 12.0 Å². The van der Waals surface area contributed by atoms with Gasteiger partial charge in [-0.3, -0.25) is 0 Å². The van der Waals surface area contributed by atoms with E-state index in [0.717, 1.165) is 24.3 Å². The van der Waals surface area contributed by atoms with Crippen LogP contribution < -0.4 is 5.32 Å². The van der Waals surface area contributed by atoms with Crippen LogP contribution in [0.4, 0.5) is 26.3 Å². The van der Waals surface area contributed by atoms with Gasteiger partial charge in [-0.2, -0.15) is 26.3 Å². The highest BCUT2D eigenvalue weighted by Gasteiger charge is 2.30. The van der Waals surface area contributed by atoms with Crippen LogP contribution in [0.25, 0.3) is 0 Å². The molecule has 0 unspecified atom stereocenters. The van der Waals surface area contributed by atoms with E-state index in [1.165, 1.54) is 24.3 Å². The second kappa shape index (κ2) is 6.62. The van der Waals surface area contributed by atoms with Gasteiger partial charge in [-0.15, -0.1) is 0 Å². The minimum atomic E-state index is -4.37. The maximum absolute atomic E-state index is 12.4. The third-order valence-corrected chi connectivity index (χ3v) is 3.22. The van der Waals surface area contributed by atoms with Crippen molar-refractivity contribution in [1.29, 1.82) is 0 Å². The van der Waals surface area contributed by atoms with E-state index in [0.29, 0.717) is 24.2 Å². The van der Waals surface area contributed by atoms with Crippen molar-refractivity contribution >= 4 is 0 Å². The molecular weight excluding hydrogens is 320 g/mol. The molecule has 0 radical (unpaired) electrons. The summed E-state index contributed by atoms with van der Waals surface area (Å²) in [7, 11) is 0. The van der Waals surface area contributed by atoms with Gasteiger partial charge in [0.15, 0.2) is 0 Å². The number of hydrogen-bond donors (Lipinski definition) is 1. The summed E-state index contributed by atoms with van der Waals surface area (Å²) < 4.78 is 74.5. The summed E-state index contributed by atoms with van der Waals surface area (Å²) in [6.45, 7) is 0.637. The fourth-order valence-corrected chi connectivity index (χ4v) is 1.97. The van der Waals surface area contributed by atoms with Crippen molar-refractivity contribution in [3.63, 3.8) is 0 Å². The second-order valence-electron chi connectivity index (χ2n) is 4.99. The molecule has 0 fully saturated rings. The summed E-state index contributed by atoms with van der Waals surface area (Å²) in [5.41, 5.74) is -0.122. The van der Waals surface area contributed by atoms with Crippen LogP contribution in [0.2, 0.25) is 0 Å². The molecule has 124 valence electrons. The Morgan fingerprint density at radius 3 is 1.13 bits per heavy atom. The van der Waals surface area contributed by atoms with Crippen molar-refractivity contribution in [2.24, 2.45) is 0 Å². The average molecular weight is 333 g/mol. The van der Waals surface area contributed by atoms with E-state index >= 15 is 0 Å². The second-order valence-corrected chi connectivity index (χ2v) is 4.99. The Labute approximate surface area is 128 Å². The molecule has 0 atom stereocenters. The Morgan fingerprint density at radius 2 is 0.870 bits per heavy atom. The molecular formula is C16H13F6N. The van der Waals surface area contributed by atoms with E-state index in [9.17, 15) is 26.3 Å². The molecule has 0 aromatic heterocycles. The van der Waals surface area contributed by atoms with Crippen molar-refractivity contribution in [1.82, 2.24) is 5.32 Å². The maximum Gasteiger partial charge on any atom is 0.416 e. The average Bonchev–Trinajstić information content (AvgIpc) is 2.46. The molecule has 0 saturated heterocycles. The van der Waals surface area contributed by atoms with Gasteiger partial charge in [-0.25, -0.2) is 0 Å². The number of benzene rings is 2. The molecule has 1 N–H and O–H groups in total. The quantitative estimate of drug-likeness (QED) is 0.775. The zero-order valence-electron chi connectivity index (χ0n) is 11.8. The SMILES string of the molecule is FC(F)(F)c1ccc(CNCc2ccc(C(F)(F)F)cc2)cc1. The molecule has 2 rings (SSSR count). The van der Waals surface area contributed by atoms with Gasteiger partial charge in [-0.1, -0.05) is 24.3 Å². The fraction of sp³-hybridized carbons (Fsp3) is 0.250. The molecule has 0 aliphatic heterocycles. The summed E-state index contributed by atoms with van der Waals surface area (Å²) in [6.07, 6.45) is -8.74. The molecule has 0 aliphatic carbocycles. The van der Waals surface area contributed by atoms with E-state index in [-0.39, 0.29) is 0 Å². The van der Waals surface area contributed by atoms with Crippen molar-refractivity contribution in [2.45, 2.75) is 25.4 Å². The van der Waals surface area contributed by atoms with E-state index in [1.807, 2.05) is 0 Å². The Hall–Kier alpha value is -2.02. The van der Waals surface area contributed by atoms with Gasteiger partial charge < -0.3 is 5.32 Å². The van der Waals surface area contributed by atoms with Crippen LogP contribution in [0.3, 0.4) is 0 Å². The van der Waals surface area contributed by atoms with E-state index in [4.69, 9.17) is 0 Å². The van der Waals surface area contributed by atoms with Gasteiger partial charge in [0, 0.05) is 13.1 Å². The van der Waals surface area contributed by atoms with Crippen LogP contribution in [0.5, 0.6) is 0 Å². The predicted octanol–water partition coefficient (Wildman–Crippen LogP) is 5.01. The van der Waals surface area contributed by atoms with Crippen LogP contribution in [0.1, 0.15) is 22.3 Å². The van der Waals surface area contributed by atoms with Crippen molar-refractivity contribution in [2.75, 3.05) is 0 Å². The van der Waals surface area contributed by atoms with E-state index < -0.39 is 23.5 Å². The molecule has 0 heterocycles. The van der Waals surface area contributed by atoms with Crippen molar-refractivity contribution in [3.05, 3.63) is 70.8 Å². The van der Waals surface area contributed by atoms with Crippen molar-refractivity contribution in [3.8, 4) is 0 Å². The number of halogens is 6. The van der Waals surface area contributed by atoms with Crippen LogP contribution >= 0.6 is 0 Å². The van der Waals surface area contributed by atoms with Gasteiger partial charge in [0.2, 0.25) is 0 Å². The van der Waals surface area contributed by atoms with Crippen molar-refractivity contribution < 1.29 is 26.3 Å². The Kier molecular flexibility index (Phi) is 4.99. The highest BCUT2D eigenvalue weighted by Crippen LogP contribution is 2.30. The lowest BCUT2D eigenvalue weighted by Crippen LogP contribution is -2.13. The summed E-state index contributed by atoms with van der Waals surface area (Å²) >= 11 is 0. The lowest BCUT2D eigenvalue weighted by molar-refractivity contribution is -0.138. The fourth-order valence-electron chi connectivity index (χ4n) is 1.97. The lowest BCUT2D eigenvalue weighted by atomic mass is 10.1. The molecule has 0 bridgehead atoms. The van der Waals surface area contributed by atoms with Gasteiger partial charge >= 0.3 is 12.4 Å². The Morgan fingerprint density at radius 1 is 0.565 bits per heavy atom. The Bertz CT molecular complexity index is 568. The van der Waals surface area contributed by atoms with E-state index in [2.05, 4.69) is 5.32 Å². The molecule has 0 saturated carbocycles. The third-order valence-electron chi connectivity index (χ3n) is 3.22. The molecule has 23 heavy (non-hydrogen) atoms. The largest absolute Gasteiger partial charge is 0.416 e. The molecule has 7 heteroatoms. The first-order chi connectivity index (χ1) is 10.7.